The van der Waals surface area contributed by atoms with Crippen LogP contribution in [0.25, 0.3) is 0 Å². The molecule has 0 aromatic rings. The lowest BCUT2D eigenvalue weighted by molar-refractivity contribution is -0.0680. The molecule has 0 bridgehead atoms. The molecule has 15 heavy (non-hydrogen) atoms. The Bertz CT molecular complexity index is 304. The van der Waals surface area contributed by atoms with E-state index in [2.05, 4.69) is 13.2 Å². The van der Waals surface area contributed by atoms with Crippen LogP contribution in [0.15, 0.2) is 4.99 Å². The van der Waals surface area contributed by atoms with Crippen LogP contribution in [0.5, 0.6) is 0 Å². The molecule has 2 atom stereocenters. The second kappa shape index (κ2) is 3.26. The maximum Gasteiger partial charge on any atom is 0.0684 e. The summed E-state index contributed by atoms with van der Waals surface area (Å²) in [5.41, 5.74) is 1.06. The van der Waals surface area contributed by atoms with Crippen LogP contribution in [-0.2, 0) is 0 Å². The summed E-state index contributed by atoms with van der Waals surface area (Å²) in [4.78, 5) is 4.94. The first kappa shape index (κ1) is 10.2. The van der Waals surface area contributed by atoms with E-state index in [1.165, 1.54) is 50.0 Å². The van der Waals surface area contributed by atoms with Crippen molar-refractivity contribution in [3.8, 4) is 0 Å². The van der Waals surface area contributed by atoms with Crippen LogP contribution in [0.4, 0.5) is 0 Å². The van der Waals surface area contributed by atoms with Gasteiger partial charge in [0.25, 0.3) is 0 Å². The molecule has 1 spiro atoms. The fraction of sp³-hybridized carbons (Fsp3) is 0.923. The average Bonchev–Trinajstić information content (AvgIpc) is 2.52. The van der Waals surface area contributed by atoms with Crippen LogP contribution in [0.1, 0.15) is 51.9 Å². The van der Waals surface area contributed by atoms with E-state index in [9.17, 15) is 0 Å². The van der Waals surface area contributed by atoms with Gasteiger partial charge in [0.2, 0.25) is 0 Å². The third-order valence-corrected chi connectivity index (χ3v) is 5.77. The molecule has 2 heteroatoms. The van der Waals surface area contributed by atoms with Gasteiger partial charge in [-0.15, -0.1) is 11.8 Å². The van der Waals surface area contributed by atoms with Gasteiger partial charge in [0.1, 0.15) is 0 Å². The lowest BCUT2D eigenvalue weighted by Crippen LogP contribution is -2.57. The second-order valence-corrected chi connectivity index (χ2v) is 6.80. The molecule has 0 aromatic carbocycles. The molecule has 1 heterocycles. The van der Waals surface area contributed by atoms with Gasteiger partial charge in [-0.3, -0.25) is 4.99 Å². The van der Waals surface area contributed by atoms with E-state index < -0.39 is 0 Å². The van der Waals surface area contributed by atoms with Gasteiger partial charge in [0.05, 0.1) is 10.6 Å². The van der Waals surface area contributed by atoms with Crippen LogP contribution in [0.2, 0.25) is 0 Å². The summed E-state index contributed by atoms with van der Waals surface area (Å²) in [6.45, 7) is 2.39. The highest BCUT2D eigenvalue weighted by atomic mass is 32.2. The molecule has 84 valence electrons. The van der Waals surface area contributed by atoms with Crippen molar-refractivity contribution >= 4 is 16.8 Å². The number of nitrogens with zero attached hydrogens (tertiary/aromatic N) is 1. The van der Waals surface area contributed by atoms with E-state index in [4.69, 9.17) is 4.99 Å². The van der Waals surface area contributed by atoms with Crippen LogP contribution >= 0.6 is 11.8 Å². The summed E-state index contributed by atoms with van der Waals surface area (Å²) >= 11 is 1.88. The Morgan fingerprint density at radius 3 is 2.67 bits per heavy atom. The summed E-state index contributed by atoms with van der Waals surface area (Å²) in [6.07, 6.45) is 12.3. The molecule has 0 amide bonds. The van der Waals surface area contributed by atoms with E-state index in [1.807, 2.05) is 11.8 Å². The van der Waals surface area contributed by atoms with E-state index in [1.54, 1.807) is 0 Å². The third kappa shape index (κ3) is 1.33. The Hall–Kier alpha value is 0.0200. The first-order valence-corrected chi connectivity index (χ1v) is 7.54. The molecule has 0 aromatic heterocycles. The largest absolute Gasteiger partial charge is 0.276 e. The molecule has 3 aliphatic rings. The highest BCUT2D eigenvalue weighted by Gasteiger charge is 2.62. The zero-order valence-electron chi connectivity index (χ0n) is 9.88. The Balaban J connectivity index is 1.80. The minimum absolute atomic E-state index is 0.343. The zero-order chi connectivity index (χ0) is 10.5. The second-order valence-electron chi connectivity index (χ2n) is 5.92. The molecule has 0 radical (unpaired) electrons. The van der Waals surface area contributed by atoms with E-state index in [0.29, 0.717) is 11.0 Å². The van der Waals surface area contributed by atoms with E-state index >= 15 is 0 Å². The summed E-state index contributed by atoms with van der Waals surface area (Å²) in [6, 6.07) is 0. The smallest absolute Gasteiger partial charge is 0.0684 e. The Morgan fingerprint density at radius 1 is 1.27 bits per heavy atom. The molecule has 3 rings (SSSR count). The number of fused-ring (bicyclic) bond motifs is 2. The summed E-state index contributed by atoms with van der Waals surface area (Å²) in [5, 5.41) is 1.42. The van der Waals surface area contributed by atoms with Crippen LogP contribution < -0.4 is 0 Å². The van der Waals surface area contributed by atoms with E-state index in [-0.39, 0.29) is 0 Å². The van der Waals surface area contributed by atoms with Crippen molar-refractivity contribution in [3.63, 3.8) is 0 Å². The predicted octanol–water partition coefficient (Wildman–Crippen LogP) is 3.88. The topological polar surface area (TPSA) is 12.4 Å². The van der Waals surface area contributed by atoms with Gasteiger partial charge in [0, 0.05) is 6.42 Å². The number of aliphatic imine (C=N–C) groups is 1. The van der Waals surface area contributed by atoms with Gasteiger partial charge in [-0.25, -0.2) is 0 Å². The molecule has 1 aliphatic heterocycles. The van der Waals surface area contributed by atoms with Gasteiger partial charge >= 0.3 is 0 Å². The van der Waals surface area contributed by atoms with Crippen molar-refractivity contribution < 1.29 is 0 Å². The molecule has 2 fully saturated rings. The average molecular weight is 223 g/mol. The zero-order valence-corrected chi connectivity index (χ0v) is 10.7. The monoisotopic (exact) mass is 223 g/mol. The van der Waals surface area contributed by atoms with Gasteiger partial charge in [-0.1, -0.05) is 19.3 Å². The van der Waals surface area contributed by atoms with Crippen LogP contribution in [0.3, 0.4) is 0 Å². The molecular weight excluding hydrogens is 202 g/mol. The van der Waals surface area contributed by atoms with Gasteiger partial charge < -0.3 is 0 Å². The number of hydrogen-bond acceptors (Lipinski definition) is 2. The first-order chi connectivity index (χ1) is 7.19. The fourth-order valence-electron chi connectivity index (χ4n) is 4.46. The van der Waals surface area contributed by atoms with Crippen LogP contribution in [0, 0.1) is 11.3 Å². The molecule has 0 N–H and O–H groups in total. The molecule has 0 unspecified atom stereocenters. The Kier molecular flexibility index (Phi) is 2.21. The highest BCUT2D eigenvalue weighted by molar-refractivity contribution is 8.13. The normalized spacial score (nSPS) is 42.3. The van der Waals surface area contributed by atoms with Crippen molar-refractivity contribution in [2.75, 3.05) is 6.26 Å². The quantitative estimate of drug-likeness (QED) is 0.607. The number of rotatable bonds is 0. The van der Waals surface area contributed by atoms with Crippen molar-refractivity contribution in [3.05, 3.63) is 0 Å². The highest BCUT2D eigenvalue weighted by Crippen LogP contribution is 2.66. The lowest BCUT2D eigenvalue weighted by atomic mass is 9.46. The summed E-state index contributed by atoms with van der Waals surface area (Å²) < 4.78 is 0. The van der Waals surface area contributed by atoms with Crippen molar-refractivity contribution in [1.82, 2.24) is 0 Å². The van der Waals surface area contributed by atoms with Crippen LogP contribution in [-0.4, -0.2) is 16.8 Å². The first-order valence-electron chi connectivity index (χ1n) is 6.31. The standard InChI is InChI=1S/C13H21NS/c1-12-9-13(6-4-3-5-7-13)10(12)8-11(14-12)15-2/h10H,3-9H2,1-2H3/t10-,12-/m1/s1. The van der Waals surface area contributed by atoms with E-state index in [0.717, 1.165) is 5.92 Å². The molecule has 1 nitrogen and oxygen atoms in total. The number of hydrogen-bond donors (Lipinski definition) is 0. The maximum atomic E-state index is 4.94. The maximum absolute atomic E-state index is 4.94. The minimum atomic E-state index is 0.343. The van der Waals surface area contributed by atoms with Crippen molar-refractivity contribution in [1.29, 1.82) is 0 Å². The third-order valence-electron chi connectivity index (χ3n) is 5.04. The van der Waals surface area contributed by atoms with Gasteiger partial charge in [0.15, 0.2) is 0 Å². The molecule has 2 saturated carbocycles. The summed E-state index contributed by atoms with van der Waals surface area (Å²) in [7, 11) is 0. The van der Waals surface area contributed by atoms with Gasteiger partial charge in [-0.2, -0.15) is 0 Å². The van der Waals surface area contributed by atoms with Crippen molar-refractivity contribution in [2.45, 2.75) is 57.4 Å². The molecule has 0 saturated heterocycles. The number of thioether (sulfide) groups is 1. The predicted molar refractivity (Wildman–Crippen MR) is 67.6 cm³/mol. The summed E-state index contributed by atoms with van der Waals surface area (Å²) in [5.74, 6) is 0.896. The van der Waals surface area contributed by atoms with Gasteiger partial charge in [-0.05, 0) is 43.8 Å². The SMILES string of the molecule is CSC1=N[C@]2(C)CC3(CCCCC3)[C@@H]2C1. The lowest BCUT2D eigenvalue weighted by Gasteiger charge is -2.59. The molecular formula is C13H21NS. The van der Waals surface area contributed by atoms with Crippen molar-refractivity contribution in [2.24, 2.45) is 16.3 Å². The molecule has 2 aliphatic carbocycles. The fourth-order valence-corrected chi connectivity index (χ4v) is 5.09. The Labute approximate surface area is 97.1 Å². The minimum Gasteiger partial charge on any atom is -0.276 e. The Morgan fingerprint density at radius 2 is 2.00 bits per heavy atom.